The summed E-state index contributed by atoms with van der Waals surface area (Å²) in [4.78, 5) is 12.5. The Labute approximate surface area is 101 Å². The van der Waals surface area contributed by atoms with Crippen LogP contribution in [0.15, 0.2) is 28.6 Å². The zero-order valence-corrected chi connectivity index (χ0v) is 10.7. The number of nitrogens with one attached hydrogen (secondary N) is 1. The van der Waals surface area contributed by atoms with E-state index in [4.69, 9.17) is 4.74 Å². The van der Waals surface area contributed by atoms with E-state index < -0.39 is 6.04 Å². The van der Waals surface area contributed by atoms with Crippen molar-refractivity contribution in [1.29, 1.82) is 0 Å². The maximum atomic E-state index is 11.5. The van der Waals surface area contributed by atoms with Gasteiger partial charge in [-0.3, -0.25) is 5.32 Å². The van der Waals surface area contributed by atoms with E-state index in [9.17, 15) is 4.79 Å². The molecule has 1 heterocycles. The van der Waals surface area contributed by atoms with Gasteiger partial charge < -0.3 is 4.74 Å². The van der Waals surface area contributed by atoms with Gasteiger partial charge in [-0.1, -0.05) is 6.08 Å². The molecule has 1 rings (SSSR count). The van der Waals surface area contributed by atoms with Crippen LogP contribution < -0.4 is 5.32 Å². The van der Waals surface area contributed by atoms with Crippen molar-refractivity contribution in [1.82, 2.24) is 5.32 Å². The SMILES string of the molecule is C=CCNC(C(=O)OC)c1sccc1Br. The van der Waals surface area contributed by atoms with Gasteiger partial charge in [0.25, 0.3) is 0 Å². The summed E-state index contributed by atoms with van der Waals surface area (Å²) in [5.41, 5.74) is 0. The predicted molar refractivity (Wildman–Crippen MR) is 65.0 cm³/mol. The van der Waals surface area contributed by atoms with Crippen molar-refractivity contribution < 1.29 is 9.53 Å². The highest BCUT2D eigenvalue weighted by atomic mass is 79.9. The smallest absolute Gasteiger partial charge is 0.328 e. The zero-order chi connectivity index (χ0) is 11.3. The van der Waals surface area contributed by atoms with E-state index >= 15 is 0 Å². The van der Waals surface area contributed by atoms with E-state index in [0.29, 0.717) is 6.54 Å². The average Bonchev–Trinajstić information content (AvgIpc) is 2.65. The van der Waals surface area contributed by atoms with Crippen LogP contribution in [-0.4, -0.2) is 19.6 Å². The van der Waals surface area contributed by atoms with E-state index in [2.05, 4.69) is 27.8 Å². The third kappa shape index (κ3) is 3.15. The van der Waals surface area contributed by atoms with E-state index in [1.807, 2.05) is 11.4 Å². The monoisotopic (exact) mass is 289 g/mol. The lowest BCUT2D eigenvalue weighted by Gasteiger charge is -2.14. The molecule has 1 unspecified atom stereocenters. The van der Waals surface area contributed by atoms with Crippen LogP contribution in [0, 0.1) is 0 Å². The average molecular weight is 290 g/mol. The van der Waals surface area contributed by atoms with Gasteiger partial charge in [-0.05, 0) is 27.4 Å². The van der Waals surface area contributed by atoms with Crippen LogP contribution in [-0.2, 0) is 9.53 Å². The number of hydrogen-bond acceptors (Lipinski definition) is 4. The van der Waals surface area contributed by atoms with Crippen molar-refractivity contribution in [2.75, 3.05) is 13.7 Å². The highest BCUT2D eigenvalue weighted by Crippen LogP contribution is 2.29. The lowest BCUT2D eigenvalue weighted by molar-refractivity contribution is -0.143. The minimum absolute atomic E-state index is 0.292. The number of thiophene rings is 1. The van der Waals surface area contributed by atoms with Crippen LogP contribution in [0.1, 0.15) is 10.9 Å². The van der Waals surface area contributed by atoms with Crippen molar-refractivity contribution in [2.45, 2.75) is 6.04 Å². The summed E-state index contributed by atoms with van der Waals surface area (Å²) in [5.74, 6) is -0.292. The van der Waals surface area contributed by atoms with Crippen molar-refractivity contribution in [3.63, 3.8) is 0 Å². The molecule has 5 heteroatoms. The van der Waals surface area contributed by atoms with E-state index in [-0.39, 0.29) is 5.97 Å². The molecule has 0 aliphatic carbocycles. The van der Waals surface area contributed by atoms with Gasteiger partial charge in [0.1, 0.15) is 6.04 Å². The summed E-state index contributed by atoms with van der Waals surface area (Å²) >= 11 is 4.90. The Hall–Kier alpha value is -0.650. The molecule has 0 spiro atoms. The Morgan fingerprint density at radius 2 is 2.60 bits per heavy atom. The maximum absolute atomic E-state index is 11.5. The molecule has 1 atom stereocenters. The van der Waals surface area contributed by atoms with Gasteiger partial charge in [0.05, 0.1) is 7.11 Å². The molecular formula is C10H12BrNO2S. The van der Waals surface area contributed by atoms with Gasteiger partial charge in [-0.25, -0.2) is 4.79 Å². The van der Waals surface area contributed by atoms with Crippen molar-refractivity contribution in [3.8, 4) is 0 Å². The molecule has 0 aliphatic rings. The molecule has 1 N–H and O–H groups in total. The minimum Gasteiger partial charge on any atom is -0.468 e. The Balaban J connectivity index is 2.85. The number of carbonyl (C=O) groups excluding carboxylic acids is 1. The summed E-state index contributed by atoms with van der Waals surface area (Å²) < 4.78 is 5.65. The molecule has 0 fully saturated rings. The largest absolute Gasteiger partial charge is 0.468 e. The lowest BCUT2D eigenvalue weighted by atomic mass is 10.2. The van der Waals surface area contributed by atoms with Gasteiger partial charge in [-0.2, -0.15) is 0 Å². The second-order valence-electron chi connectivity index (χ2n) is 2.79. The molecule has 0 amide bonds. The molecule has 0 aromatic carbocycles. The normalized spacial score (nSPS) is 12.1. The molecule has 0 saturated carbocycles. The Morgan fingerprint density at radius 3 is 3.07 bits per heavy atom. The third-order valence-electron chi connectivity index (χ3n) is 1.81. The first-order valence-electron chi connectivity index (χ1n) is 4.35. The van der Waals surface area contributed by atoms with Crippen LogP contribution in [0.2, 0.25) is 0 Å². The van der Waals surface area contributed by atoms with Gasteiger partial charge in [-0.15, -0.1) is 17.9 Å². The number of esters is 1. The number of methoxy groups -OCH3 is 1. The minimum atomic E-state index is -0.428. The first-order chi connectivity index (χ1) is 7.20. The molecule has 15 heavy (non-hydrogen) atoms. The number of hydrogen-bond donors (Lipinski definition) is 1. The summed E-state index contributed by atoms with van der Waals surface area (Å²) in [6.07, 6.45) is 1.71. The number of halogens is 1. The first kappa shape index (κ1) is 12.4. The molecule has 0 bridgehead atoms. The van der Waals surface area contributed by atoms with E-state index in [0.717, 1.165) is 9.35 Å². The van der Waals surface area contributed by atoms with Gasteiger partial charge in [0.2, 0.25) is 0 Å². The Kier molecular flexibility index (Phi) is 5.01. The van der Waals surface area contributed by atoms with Crippen LogP contribution in [0.4, 0.5) is 0 Å². The molecular weight excluding hydrogens is 278 g/mol. The van der Waals surface area contributed by atoms with Crippen LogP contribution in [0.5, 0.6) is 0 Å². The highest BCUT2D eigenvalue weighted by molar-refractivity contribution is 9.10. The Morgan fingerprint density at radius 1 is 1.87 bits per heavy atom. The second-order valence-corrected chi connectivity index (χ2v) is 4.59. The first-order valence-corrected chi connectivity index (χ1v) is 6.03. The maximum Gasteiger partial charge on any atom is 0.328 e. The molecule has 1 aromatic heterocycles. The summed E-state index contributed by atoms with van der Waals surface area (Å²) in [6, 6.07) is 1.48. The van der Waals surface area contributed by atoms with E-state index in [1.54, 1.807) is 6.08 Å². The quantitative estimate of drug-likeness (QED) is 0.669. The summed E-state index contributed by atoms with van der Waals surface area (Å²) in [7, 11) is 1.38. The van der Waals surface area contributed by atoms with Crippen LogP contribution in [0.25, 0.3) is 0 Å². The molecule has 0 aliphatic heterocycles. The third-order valence-corrected chi connectivity index (χ3v) is 3.75. The topological polar surface area (TPSA) is 38.3 Å². The van der Waals surface area contributed by atoms with Gasteiger partial charge in [0, 0.05) is 15.9 Å². The van der Waals surface area contributed by atoms with Crippen LogP contribution in [0.3, 0.4) is 0 Å². The molecule has 1 aromatic rings. The molecule has 82 valence electrons. The predicted octanol–water partition coefficient (Wildman–Crippen LogP) is 2.50. The standard InChI is InChI=1S/C10H12BrNO2S/c1-3-5-12-8(10(13)14-2)9-7(11)4-6-15-9/h3-4,6,8,12H,1,5H2,2H3. The van der Waals surface area contributed by atoms with Crippen molar-refractivity contribution in [3.05, 3.63) is 33.5 Å². The van der Waals surface area contributed by atoms with Crippen molar-refractivity contribution >= 4 is 33.2 Å². The number of rotatable bonds is 5. The number of ether oxygens (including phenoxy) is 1. The lowest BCUT2D eigenvalue weighted by Crippen LogP contribution is -2.29. The molecule has 0 saturated heterocycles. The summed E-state index contributed by atoms with van der Waals surface area (Å²) in [5, 5.41) is 4.97. The second kappa shape index (κ2) is 6.05. The fraction of sp³-hybridized carbons (Fsp3) is 0.300. The fourth-order valence-electron chi connectivity index (χ4n) is 1.11. The molecule has 3 nitrogen and oxygen atoms in total. The van der Waals surface area contributed by atoms with Gasteiger partial charge >= 0.3 is 5.97 Å². The summed E-state index contributed by atoms with van der Waals surface area (Å²) in [6.45, 7) is 4.16. The Bertz CT molecular complexity index is 351. The van der Waals surface area contributed by atoms with Gasteiger partial charge in [0.15, 0.2) is 0 Å². The van der Waals surface area contributed by atoms with Crippen LogP contribution >= 0.6 is 27.3 Å². The fourth-order valence-corrected chi connectivity index (χ4v) is 2.78. The number of carbonyl (C=O) groups is 1. The zero-order valence-electron chi connectivity index (χ0n) is 8.33. The van der Waals surface area contributed by atoms with E-state index in [1.165, 1.54) is 18.4 Å². The van der Waals surface area contributed by atoms with Crippen molar-refractivity contribution in [2.24, 2.45) is 0 Å². The highest BCUT2D eigenvalue weighted by Gasteiger charge is 2.23. The molecule has 0 radical (unpaired) electrons.